The molecule has 0 saturated heterocycles. The Bertz CT molecular complexity index is 673. The molecule has 0 aliphatic rings. The molecular formula is C18H16O2. The molecule has 0 aliphatic carbocycles. The number of benzene rings is 2. The zero-order valence-electron chi connectivity index (χ0n) is 11.6. The van der Waals surface area contributed by atoms with E-state index in [1.54, 1.807) is 6.92 Å². The quantitative estimate of drug-likeness (QED) is 0.842. The van der Waals surface area contributed by atoms with E-state index in [0.29, 0.717) is 0 Å². The first kappa shape index (κ1) is 13.9. The van der Waals surface area contributed by atoms with Gasteiger partial charge in [-0.1, -0.05) is 36.1 Å². The number of carboxylic acid groups (broad SMARTS) is 1. The van der Waals surface area contributed by atoms with Crippen molar-refractivity contribution in [2.24, 2.45) is 0 Å². The summed E-state index contributed by atoms with van der Waals surface area (Å²) in [4.78, 5) is 10.9. The topological polar surface area (TPSA) is 37.3 Å². The van der Waals surface area contributed by atoms with Crippen LogP contribution < -0.4 is 0 Å². The fraction of sp³-hybridized carbons (Fsp3) is 0.167. The monoisotopic (exact) mass is 264 g/mol. The van der Waals surface area contributed by atoms with Crippen molar-refractivity contribution in [1.29, 1.82) is 0 Å². The van der Waals surface area contributed by atoms with Gasteiger partial charge < -0.3 is 5.11 Å². The van der Waals surface area contributed by atoms with Gasteiger partial charge in [0.05, 0.1) is 5.92 Å². The maximum Gasteiger partial charge on any atom is 0.310 e. The molecule has 20 heavy (non-hydrogen) atoms. The summed E-state index contributed by atoms with van der Waals surface area (Å²) in [6.45, 7) is 3.71. The van der Waals surface area contributed by atoms with Crippen LogP contribution in [-0.2, 0) is 4.79 Å². The lowest BCUT2D eigenvalue weighted by Gasteiger charge is -2.05. The second-order valence-corrected chi connectivity index (χ2v) is 4.80. The molecule has 0 aromatic heterocycles. The predicted molar refractivity (Wildman–Crippen MR) is 79.7 cm³/mol. The van der Waals surface area contributed by atoms with E-state index in [0.717, 1.165) is 16.7 Å². The summed E-state index contributed by atoms with van der Waals surface area (Å²) >= 11 is 0. The van der Waals surface area contributed by atoms with Gasteiger partial charge in [0, 0.05) is 11.1 Å². The van der Waals surface area contributed by atoms with Gasteiger partial charge in [-0.25, -0.2) is 0 Å². The number of carboxylic acids is 1. The highest BCUT2D eigenvalue weighted by Gasteiger charge is 2.12. The molecule has 2 rings (SSSR count). The summed E-state index contributed by atoms with van der Waals surface area (Å²) in [6, 6.07) is 15.4. The lowest BCUT2D eigenvalue weighted by Crippen LogP contribution is -2.06. The van der Waals surface area contributed by atoms with Crippen molar-refractivity contribution in [1.82, 2.24) is 0 Å². The third kappa shape index (κ3) is 3.49. The van der Waals surface area contributed by atoms with Crippen LogP contribution in [0.4, 0.5) is 0 Å². The number of hydrogen-bond donors (Lipinski definition) is 1. The minimum Gasteiger partial charge on any atom is -0.481 e. The Morgan fingerprint density at radius 2 is 1.70 bits per heavy atom. The van der Waals surface area contributed by atoms with E-state index >= 15 is 0 Å². The molecule has 100 valence electrons. The first-order chi connectivity index (χ1) is 9.56. The molecule has 2 heteroatoms. The van der Waals surface area contributed by atoms with Crippen LogP contribution >= 0.6 is 0 Å². The van der Waals surface area contributed by atoms with Crippen LogP contribution in [0.5, 0.6) is 0 Å². The Labute approximate surface area is 119 Å². The number of aryl methyl sites for hydroxylation is 1. The summed E-state index contributed by atoms with van der Waals surface area (Å²) in [5, 5.41) is 8.95. The highest BCUT2D eigenvalue weighted by atomic mass is 16.4. The average molecular weight is 264 g/mol. The molecule has 0 saturated carbocycles. The molecular weight excluding hydrogens is 248 g/mol. The van der Waals surface area contributed by atoms with Gasteiger partial charge in [0.1, 0.15) is 0 Å². The first-order valence-electron chi connectivity index (χ1n) is 6.48. The van der Waals surface area contributed by atoms with Gasteiger partial charge in [-0.2, -0.15) is 0 Å². The number of carbonyl (C=O) groups is 1. The Morgan fingerprint density at radius 3 is 2.30 bits per heavy atom. The van der Waals surface area contributed by atoms with Crippen LogP contribution in [0, 0.1) is 18.8 Å². The van der Waals surface area contributed by atoms with Crippen LogP contribution in [-0.4, -0.2) is 11.1 Å². The SMILES string of the molecule is Cc1cccc(C#Cc2ccc(C(C)C(=O)O)cc2)c1. The number of rotatable bonds is 2. The zero-order chi connectivity index (χ0) is 14.5. The lowest BCUT2D eigenvalue weighted by atomic mass is 10.00. The maximum atomic E-state index is 10.9. The highest BCUT2D eigenvalue weighted by molar-refractivity contribution is 5.75. The van der Waals surface area contributed by atoms with E-state index in [4.69, 9.17) is 5.11 Å². The normalized spacial score (nSPS) is 11.3. The molecule has 1 atom stereocenters. The van der Waals surface area contributed by atoms with Gasteiger partial charge in [-0.15, -0.1) is 0 Å². The van der Waals surface area contributed by atoms with E-state index < -0.39 is 11.9 Å². The van der Waals surface area contributed by atoms with Gasteiger partial charge in [-0.05, 0) is 49.2 Å². The van der Waals surface area contributed by atoms with Gasteiger partial charge in [0.2, 0.25) is 0 Å². The van der Waals surface area contributed by atoms with Gasteiger partial charge >= 0.3 is 5.97 Å². The third-order valence-corrected chi connectivity index (χ3v) is 3.15. The van der Waals surface area contributed by atoms with E-state index in [2.05, 4.69) is 11.8 Å². The molecule has 1 N–H and O–H groups in total. The third-order valence-electron chi connectivity index (χ3n) is 3.15. The molecule has 2 aromatic rings. The summed E-state index contributed by atoms with van der Waals surface area (Å²) in [5.41, 5.74) is 3.84. The molecule has 0 radical (unpaired) electrons. The van der Waals surface area contributed by atoms with Crippen LogP contribution in [0.25, 0.3) is 0 Å². The fourth-order valence-corrected chi connectivity index (χ4v) is 1.86. The maximum absolute atomic E-state index is 10.9. The van der Waals surface area contributed by atoms with Gasteiger partial charge in [0.15, 0.2) is 0 Å². The minimum atomic E-state index is -0.816. The molecule has 0 heterocycles. The molecule has 0 spiro atoms. The largest absolute Gasteiger partial charge is 0.481 e. The fourth-order valence-electron chi connectivity index (χ4n) is 1.86. The summed E-state index contributed by atoms with van der Waals surface area (Å²) in [7, 11) is 0. The lowest BCUT2D eigenvalue weighted by molar-refractivity contribution is -0.138. The minimum absolute atomic E-state index is 0.492. The van der Waals surface area contributed by atoms with Crippen LogP contribution in [0.1, 0.15) is 35.1 Å². The first-order valence-corrected chi connectivity index (χ1v) is 6.48. The molecule has 0 bridgehead atoms. The Kier molecular flexibility index (Phi) is 4.22. The molecule has 0 amide bonds. The van der Waals surface area contributed by atoms with Crippen molar-refractivity contribution in [3.05, 3.63) is 70.8 Å². The summed E-state index contributed by atoms with van der Waals surface area (Å²) < 4.78 is 0. The average Bonchev–Trinajstić information content (AvgIpc) is 2.45. The number of aliphatic carboxylic acids is 1. The van der Waals surface area contributed by atoms with Crippen LogP contribution in [0.2, 0.25) is 0 Å². The smallest absolute Gasteiger partial charge is 0.310 e. The van der Waals surface area contributed by atoms with Gasteiger partial charge in [-0.3, -0.25) is 4.79 Å². The molecule has 1 unspecified atom stereocenters. The van der Waals surface area contributed by atoms with E-state index in [9.17, 15) is 4.79 Å². The zero-order valence-corrected chi connectivity index (χ0v) is 11.6. The Morgan fingerprint density at radius 1 is 1.05 bits per heavy atom. The Hall–Kier alpha value is -2.53. The molecule has 0 aliphatic heterocycles. The van der Waals surface area contributed by atoms with E-state index in [1.807, 2.05) is 55.5 Å². The van der Waals surface area contributed by atoms with Crippen molar-refractivity contribution in [2.75, 3.05) is 0 Å². The highest BCUT2D eigenvalue weighted by Crippen LogP contribution is 2.15. The van der Waals surface area contributed by atoms with Crippen molar-refractivity contribution < 1.29 is 9.90 Å². The molecule has 0 fully saturated rings. The van der Waals surface area contributed by atoms with Crippen LogP contribution in [0.3, 0.4) is 0 Å². The molecule has 2 aromatic carbocycles. The van der Waals surface area contributed by atoms with Gasteiger partial charge in [0.25, 0.3) is 0 Å². The summed E-state index contributed by atoms with van der Waals surface area (Å²) in [5.74, 6) is 4.89. The second kappa shape index (κ2) is 6.08. The Balaban J connectivity index is 2.18. The standard InChI is InChI=1S/C18H16O2/c1-13-4-3-5-16(12-13)7-6-15-8-10-17(11-9-15)14(2)18(19)20/h3-5,8-12,14H,1-2H3,(H,19,20). The van der Waals surface area contributed by atoms with Crippen molar-refractivity contribution in [3.63, 3.8) is 0 Å². The predicted octanol–water partition coefficient (Wildman–Crippen LogP) is 3.58. The van der Waals surface area contributed by atoms with Crippen molar-refractivity contribution in [2.45, 2.75) is 19.8 Å². The van der Waals surface area contributed by atoms with Crippen LogP contribution in [0.15, 0.2) is 48.5 Å². The van der Waals surface area contributed by atoms with E-state index in [-0.39, 0.29) is 0 Å². The van der Waals surface area contributed by atoms with Crippen molar-refractivity contribution in [3.8, 4) is 11.8 Å². The van der Waals surface area contributed by atoms with E-state index in [1.165, 1.54) is 5.56 Å². The van der Waals surface area contributed by atoms with Crippen molar-refractivity contribution >= 4 is 5.97 Å². The second-order valence-electron chi connectivity index (χ2n) is 4.80. The summed E-state index contributed by atoms with van der Waals surface area (Å²) in [6.07, 6.45) is 0. The molecule has 2 nitrogen and oxygen atoms in total. The number of hydrogen-bond acceptors (Lipinski definition) is 1.